The molecule has 1 fully saturated rings. The molecule has 1 saturated heterocycles. The molecule has 2 aliphatic heterocycles. The zero-order valence-electron chi connectivity index (χ0n) is 22.3. The molecular weight excluding hydrogens is 622 g/mol. The van der Waals surface area contributed by atoms with E-state index < -0.39 is 17.5 Å². The minimum absolute atomic E-state index is 0.198. The number of hydrogen-bond donors (Lipinski definition) is 3. The van der Waals surface area contributed by atoms with Crippen molar-refractivity contribution >= 4 is 62.5 Å². The average Bonchev–Trinajstić information content (AvgIpc) is 3.39. The Balaban J connectivity index is 1.62. The molecule has 2 aliphatic rings. The van der Waals surface area contributed by atoms with Crippen molar-refractivity contribution in [3.63, 3.8) is 0 Å². The van der Waals surface area contributed by atoms with E-state index >= 15 is 0 Å². The molecule has 1 unspecified atom stereocenters. The van der Waals surface area contributed by atoms with Crippen molar-refractivity contribution in [1.29, 1.82) is 0 Å². The van der Waals surface area contributed by atoms with Crippen molar-refractivity contribution in [3.05, 3.63) is 43.6 Å². The molecule has 8 nitrogen and oxygen atoms in total. The molecular formula is C27H34FIN4O4S. The van der Waals surface area contributed by atoms with Crippen LogP contribution in [0.25, 0.3) is 0 Å². The Kier molecular flexibility index (Phi) is 8.27. The summed E-state index contributed by atoms with van der Waals surface area (Å²) >= 11 is 3.19. The van der Waals surface area contributed by atoms with E-state index in [1.165, 1.54) is 6.07 Å². The van der Waals surface area contributed by atoms with Gasteiger partial charge in [0, 0.05) is 23.2 Å². The van der Waals surface area contributed by atoms with Gasteiger partial charge in [-0.25, -0.2) is 9.18 Å². The number of nitrogens with zero attached hydrogens (tertiary/aromatic N) is 1. The Labute approximate surface area is 240 Å². The van der Waals surface area contributed by atoms with Crippen molar-refractivity contribution in [2.24, 2.45) is 5.41 Å². The van der Waals surface area contributed by atoms with E-state index in [0.717, 1.165) is 27.7 Å². The molecule has 4 rings (SSSR count). The Morgan fingerprint density at radius 1 is 1.32 bits per heavy atom. The van der Waals surface area contributed by atoms with Crippen LogP contribution >= 0.6 is 33.9 Å². The third kappa shape index (κ3) is 6.59. The molecule has 0 radical (unpaired) electrons. The molecule has 3 N–H and O–H groups in total. The first kappa shape index (κ1) is 28.6. The second-order valence-corrected chi connectivity index (χ2v) is 13.8. The number of amides is 3. The smallest absolute Gasteiger partial charge is 0.410 e. The van der Waals surface area contributed by atoms with E-state index in [-0.39, 0.29) is 35.5 Å². The molecule has 0 bridgehead atoms. The highest BCUT2D eigenvalue weighted by Crippen LogP contribution is 2.40. The number of anilines is 2. The fourth-order valence-corrected chi connectivity index (χ4v) is 6.31. The second kappa shape index (κ2) is 11.0. The molecule has 3 amide bonds. The predicted molar refractivity (Wildman–Crippen MR) is 155 cm³/mol. The maximum absolute atomic E-state index is 14.7. The summed E-state index contributed by atoms with van der Waals surface area (Å²) in [5.74, 6) is -1.05. The monoisotopic (exact) mass is 656 g/mol. The van der Waals surface area contributed by atoms with Crippen molar-refractivity contribution in [1.82, 2.24) is 15.5 Å². The number of hydrogen-bond acceptors (Lipinski definition) is 6. The summed E-state index contributed by atoms with van der Waals surface area (Å²) in [5, 5.41) is 9.42. The lowest BCUT2D eigenvalue weighted by atomic mass is 9.85. The lowest BCUT2D eigenvalue weighted by molar-refractivity contribution is 0.0225. The maximum atomic E-state index is 14.7. The normalized spacial score (nSPS) is 18.9. The second-order valence-electron chi connectivity index (χ2n) is 11.6. The van der Waals surface area contributed by atoms with Crippen LogP contribution in [0.5, 0.6) is 0 Å². The van der Waals surface area contributed by atoms with E-state index in [1.54, 1.807) is 17.0 Å². The Hall–Kier alpha value is -2.41. The third-order valence-electron chi connectivity index (χ3n) is 6.51. The summed E-state index contributed by atoms with van der Waals surface area (Å²) < 4.78 is 21.0. The van der Waals surface area contributed by atoms with Crippen molar-refractivity contribution in [2.45, 2.75) is 65.5 Å². The number of ether oxygens (including phenoxy) is 1. The number of nitrogens with one attached hydrogen (secondary N) is 3. The first-order valence-electron chi connectivity index (χ1n) is 12.7. The molecule has 1 aromatic carbocycles. The third-order valence-corrected chi connectivity index (χ3v) is 8.32. The lowest BCUT2D eigenvalue weighted by Gasteiger charge is -2.28. The molecule has 0 aliphatic carbocycles. The summed E-state index contributed by atoms with van der Waals surface area (Å²) in [6, 6.07) is 4.59. The molecule has 38 heavy (non-hydrogen) atoms. The van der Waals surface area contributed by atoms with Gasteiger partial charge in [0.1, 0.15) is 16.4 Å². The van der Waals surface area contributed by atoms with Crippen LogP contribution in [0.3, 0.4) is 0 Å². The van der Waals surface area contributed by atoms with Gasteiger partial charge < -0.3 is 25.6 Å². The number of carbonyl (C=O) groups excluding carboxylic acids is 3. The lowest BCUT2D eigenvalue weighted by Crippen LogP contribution is -2.45. The van der Waals surface area contributed by atoms with Crippen molar-refractivity contribution < 1.29 is 23.5 Å². The molecule has 1 atom stereocenters. The highest BCUT2D eigenvalue weighted by Gasteiger charge is 2.36. The minimum atomic E-state index is -0.611. The van der Waals surface area contributed by atoms with E-state index in [0.29, 0.717) is 40.5 Å². The van der Waals surface area contributed by atoms with E-state index in [9.17, 15) is 18.8 Å². The van der Waals surface area contributed by atoms with Crippen molar-refractivity contribution in [3.8, 4) is 0 Å². The molecule has 2 aromatic rings. The van der Waals surface area contributed by atoms with Gasteiger partial charge in [-0.3, -0.25) is 9.59 Å². The number of fused-ring (bicyclic) bond motifs is 1. The molecule has 3 heterocycles. The topological polar surface area (TPSA) is 99.8 Å². The van der Waals surface area contributed by atoms with Crippen LogP contribution in [0.15, 0.2) is 18.2 Å². The fourth-order valence-electron chi connectivity index (χ4n) is 4.71. The number of halogens is 2. The van der Waals surface area contributed by atoms with Crippen LogP contribution in [0.2, 0.25) is 0 Å². The van der Waals surface area contributed by atoms with Gasteiger partial charge in [0.2, 0.25) is 0 Å². The van der Waals surface area contributed by atoms with Gasteiger partial charge >= 0.3 is 6.09 Å². The van der Waals surface area contributed by atoms with Gasteiger partial charge in [0.25, 0.3) is 11.8 Å². The van der Waals surface area contributed by atoms with E-state index in [2.05, 4.69) is 16.0 Å². The van der Waals surface area contributed by atoms with Gasteiger partial charge in [0.05, 0.1) is 22.2 Å². The number of rotatable bonds is 5. The zero-order valence-corrected chi connectivity index (χ0v) is 25.3. The van der Waals surface area contributed by atoms with Gasteiger partial charge in [0.15, 0.2) is 0 Å². The maximum Gasteiger partial charge on any atom is 0.410 e. The average molecular weight is 657 g/mol. The highest BCUT2D eigenvalue weighted by atomic mass is 127. The number of likely N-dealkylation sites (tertiary alicyclic amines) is 1. The van der Waals surface area contributed by atoms with Gasteiger partial charge in [-0.2, -0.15) is 0 Å². The van der Waals surface area contributed by atoms with Crippen LogP contribution in [0.4, 0.5) is 19.9 Å². The summed E-state index contributed by atoms with van der Waals surface area (Å²) in [7, 11) is 0. The number of benzene rings is 1. The summed E-state index contributed by atoms with van der Waals surface area (Å²) in [4.78, 5) is 41.5. The van der Waals surface area contributed by atoms with Crippen LogP contribution in [-0.2, 0) is 11.2 Å². The first-order chi connectivity index (χ1) is 17.7. The Bertz CT molecular complexity index is 1260. The molecule has 0 saturated carbocycles. The number of thiophene rings is 1. The quantitative estimate of drug-likeness (QED) is 0.360. The largest absolute Gasteiger partial charge is 0.444 e. The van der Waals surface area contributed by atoms with Crippen LogP contribution in [0, 0.1) is 14.8 Å². The van der Waals surface area contributed by atoms with E-state index in [4.69, 9.17) is 4.74 Å². The summed E-state index contributed by atoms with van der Waals surface area (Å²) in [6.45, 7) is 10.8. The van der Waals surface area contributed by atoms with Gasteiger partial charge in [-0.05, 0) is 91.8 Å². The summed E-state index contributed by atoms with van der Waals surface area (Å²) in [5.41, 5.74) is 0.329. The standard InChI is InChI=1S/C27H34FIN4O4S/c1-26(2,3)37-25(36)33-10-6-7-16(33)13-30-22(34)20-17-12-27(4,5)14-31-23(35)21(17)38-24(20)32-19-9-8-15(29)11-18(19)28/h8-9,11,16,32H,6-7,10,12-14H2,1-5H3,(H,30,34)(H,31,35). The SMILES string of the molecule is CC1(C)CNC(=O)c2sc(Nc3ccc(I)cc3F)c(C(=O)NCC3CCCN3C(=O)OC(C)(C)C)c2C1. The molecule has 11 heteroatoms. The first-order valence-corrected chi connectivity index (χ1v) is 14.6. The van der Waals surface area contributed by atoms with Crippen LogP contribution in [0.1, 0.15) is 73.1 Å². The molecule has 1 aromatic heterocycles. The zero-order chi connectivity index (χ0) is 27.8. The predicted octanol–water partition coefficient (Wildman–Crippen LogP) is 5.68. The van der Waals surface area contributed by atoms with Gasteiger partial charge in [-0.1, -0.05) is 13.8 Å². The van der Waals surface area contributed by atoms with Crippen LogP contribution < -0.4 is 16.0 Å². The fraction of sp³-hybridized carbons (Fsp3) is 0.519. The summed E-state index contributed by atoms with van der Waals surface area (Å²) in [6.07, 6.45) is 1.68. The molecule has 206 valence electrons. The number of carbonyl (C=O) groups is 3. The highest BCUT2D eigenvalue weighted by molar-refractivity contribution is 14.1. The Morgan fingerprint density at radius 2 is 2.05 bits per heavy atom. The van der Waals surface area contributed by atoms with Crippen molar-refractivity contribution in [2.75, 3.05) is 25.0 Å². The molecule has 0 spiro atoms. The minimum Gasteiger partial charge on any atom is -0.444 e. The Morgan fingerprint density at radius 3 is 2.74 bits per heavy atom. The van der Waals surface area contributed by atoms with Crippen LogP contribution in [-0.4, -0.2) is 54.1 Å². The van der Waals surface area contributed by atoms with E-state index in [1.807, 2.05) is 57.2 Å². The van der Waals surface area contributed by atoms with Gasteiger partial charge in [-0.15, -0.1) is 11.3 Å².